The Bertz CT molecular complexity index is 542. The quantitative estimate of drug-likeness (QED) is 0.391. The Morgan fingerprint density at radius 1 is 1.15 bits per heavy atom. The molecule has 11 heteroatoms. The third-order valence-corrected chi connectivity index (χ3v) is 5.16. The van der Waals surface area contributed by atoms with Crippen molar-refractivity contribution >= 4 is 5.97 Å². The second-order valence-electron chi connectivity index (χ2n) is 7.19. The summed E-state index contributed by atoms with van der Waals surface area (Å²) in [5.74, 6) is -15.1. The number of hydrogen-bond acceptors (Lipinski definition) is 3. The van der Waals surface area contributed by atoms with E-state index in [0.29, 0.717) is 6.92 Å². The Morgan fingerprint density at radius 2 is 1.67 bits per heavy atom. The van der Waals surface area contributed by atoms with E-state index >= 15 is 0 Å². The minimum atomic E-state index is -4.94. The number of alkyl halides is 8. The number of carbonyl (C=O) groups excluding carboxylic acids is 1. The van der Waals surface area contributed by atoms with Gasteiger partial charge in [-0.2, -0.15) is 13.2 Å². The highest BCUT2D eigenvalue weighted by atomic mass is 19.4. The average Bonchev–Trinajstić information content (AvgIpc) is 2.49. The van der Waals surface area contributed by atoms with Crippen LogP contribution in [0, 0.1) is 11.8 Å². The third-order valence-electron chi connectivity index (χ3n) is 5.16. The fourth-order valence-electron chi connectivity index (χ4n) is 3.01. The number of carbonyl (C=O) groups is 1. The molecule has 1 aliphatic rings. The first-order valence-corrected chi connectivity index (χ1v) is 8.33. The zero-order chi connectivity index (χ0) is 21.5. The lowest BCUT2D eigenvalue weighted by molar-refractivity contribution is -0.305. The molecule has 160 valence electrons. The molecule has 4 atom stereocenters. The van der Waals surface area contributed by atoms with Gasteiger partial charge in [0, 0.05) is 5.92 Å². The minimum Gasteiger partial charge on any atom is -0.465 e. The molecule has 0 aromatic rings. The van der Waals surface area contributed by atoms with Crippen LogP contribution in [-0.2, 0) is 9.53 Å². The van der Waals surface area contributed by atoms with Gasteiger partial charge in [-0.05, 0) is 39.5 Å². The zero-order valence-corrected chi connectivity index (χ0v) is 15.0. The fraction of sp³-hybridized carbons (Fsp3) is 0.938. The molecule has 0 saturated heterocycles. The van der Waals surface area contributed by atoms with Crippen LogP contribution in [-0.4, -0.2) is 47.0 Å². The summed E-state index contributed by atoms with van der Waals surface area (Å²) >= 11 is 0. The second-order valence-corrected chi connectivity index (χ2v) is 7.19. The van der Waals surface area contributed by atoms with Gasteiger partial charge in [-0.1, -0.05) is 6.92 Å². The predicted octanol–water partition coefficient (Wildman–Crippen LogP) is 4.67. The van der Waals surface area contributed by atoms with Crippen LogP contribution in [0.3, 0.4) is 0 Å². The van der Waals surface area contributed by atoms with Crippen molar-refractivity contribution in [3.63, 3.8) is 0 Å². The molecule has 0 spiro atoms. The molecule has 1 N–H and O–H groups in total. The number of hydrogen-bond donors (Lipinski definition) is 1. The summed E-state index contributed by atoms with van der Waals surface area (Å²) in [5.41, 5.74) is -7.36. The average molecular weight is 414 g/mol. The maximum Gasteiger partial charge on any atom is 0.416 e. The SMILES string of the molecule is CCC1CC(C(=O)OCCCC(C)(O)C(F)(F)F)C(F)(F)C(C)(F)C1(F)F. The van der Waals surface area contributed by atoms with Crippen LogP contribution in [0.15, 0.2) is 0 Å². The summed E-state index contributed by atoms with van der Waals surface area (Å²) in [5, 5.41) is 9.22. The normalized spacial score (nSPS) is 32.6. The van der Waals surface area contributed by atoms with E-state index in [-0.39, 0.29) is 13.3 Å². The molecule has 0 radical (unpaired) electrons. The van der Waals surface area contributed by atoms with Crippen molar-refractivity contribution in [3.8, 4) is 0 Å². The fourth-order valence-corrected chi connectivity index (χ4v) is 3.01. The van der Waals surface area contributed by atoms with Gasteiger partial charge in [0.2, 0.25) is 5.67 Å². The van der Waals surface area contributed by atoms with E-state index in [1.165, 1.54) is 6.92 Å². The van der Waals surface area contributed by atoms with Gasteiger partial charge in [0.15, 0.2) is 5.60 Å². The van der Waals surface area contributed by atoms with Gasteiger partial charge in [0.05, 0.1) is 6.61 Å². The van der Waals surface area contributed by atoms with Crippen LogP contribution in [0.25, 0.3) is 0 Å². The molecular weight excluding hydrogens is 392 g/mol. The number of esters is 1. The van der Waals surface area contributed by atoms with Crippen molar-refractivity contribution < 1.29 is 49.8 Å². The highest BCUT2D eigenvalue weighted by Gasteiger charge is 2.76. The second kappa shape index (κ2) is 7.36. The zero-order valence-electron chi connectivity index (χ0n) is 15.0. The first kappa shape index (κ1) is 23.9. The lowest BCUT2D eigenvalue weighted by Gasteiger charge is -2.48. The standard InChI is InChI=1S/C16H22F8O3/c1-4-9-8-10(15(20,21)13(3,17)14(9,18)19)11(25)27-7-5-6-12(2,26)16(22,23)24/h9-10,26H,4-8H2,1-3H3. The largest absolute Gasteiger partial charge is 0.465 e. The van der Waals surface area contributed by atoms with Crippen molar-refractivity contribution in [3.05, 3.63) is 0 Å². The number of rotatable bonds is 6. The van der Waals surface area contributed by atoms with Crippen LogP contribution in [0.4, 0.5) is 35.1 Å². The van der Waals surface area contributed by atoms with Gasteiger partial charge < -0.3 is 9.84 Å². The van der Waals surface area contributed by atoms with Crippen LogP contribution in [0.5, 0.6) is 0 Å². The molecule has 0 aliphatic heterocycles. The van der Waals surface area contributed by atoms with Crippen LogP contribution in [0.1, 0.15) is 46.5 Å². The number of ether oxygens (including phenoxy) is 1. The Balaban J connectivity index is 2.80. The maximum atomic E-state index is 14.3. The van der Waals surface area contributed by atoms with Gasteiger partial charge in [-0.25, -0.2) is 22.0 Å². The van der Waals surface area contributed by atoms with Gasteiger partial charge >= 0.3 is 12.1 Å². The van der Waals surface area contributed by atoms with Gasteiger partial charge in [-0.3, -0.25) is 4.79 Å². The van der Waals surface area contributed by atoms with E-state index in [9.17, 15) is 45.0 Å². The Morgan fingerprint density at radius 3 is 2.11 bits per heavy atom. The van der Waals surface area contributed by atoms with Crippen LogP contribution in [0.2, 0.25) is 0 Å². The molecular formula is C16H22F8O3. The molecule has 0 aromatic heterocycles. The number of aliphatic hydroxyl groups is 1. The van der Waals surface area contributed by atoms with E-state index in [4.69, 9.17) is 0 Å². The smallest absolute Gasteiger partial charge is 0.416 e. The highest BCUT2D eigenvalue weighted by molar-refractivity contribution is 5.74. The van der Waals surface area contributed by atoms with E-state index in [2.05, 4.69) is 4.74 Å². The van der Waals surface area contributed by atoms with Crippen molar-refractivity contribution in [2.45, 2.75) is 75.7 Å². The molecule has 4 unspecified atom stereocenters. The Labute approximate surface area is 151 Å². The van der Waals surface area contributed by atoms with Crippen LogP contribution < -0.4 is 0 Å². The maximum absolute atomic E-state index is 14.3. The monoisotopic (exact) mass is 414 g/mol. The highest BCUT2D eigenvalue weighted by Crippen LogP contribution is 2.58. The summed E-state index contributed by atoms with van der Waals surface area (Å²) in [6.45, 7) is 0.996. The number of halogens is 8. The van der Waals surface area contributed by atoms with Crippen molar-refractivity contribution in [1.82, 2.24) is 0 Å². The van der Waals surface area contributed by atoms with Gasteiger partial charge in [-0.15, -0.1) is 0 Å². The molecule has 1 rings (SSSR count). The van der Waals surface area contributed by atoms with Gasteiger partial charge in [0.25, 0.3) is 11.8 Å². The Kier molecular flexibility index (Phi) is 6.52. The Hall–Kier alpha value is -1.13. The summed E-state index contributed by atoms with van der Waals surface area (Å²) in [6.07, 6.45) is -7.71. The molecule has 0 heterocycles. The summed E-state index contributed by atoms with van der Waals surface area (Å²) in [6, 6.07) is 0. The minimum absolute atomic E-state index is 0.0234. The third kappa shape index (κ3) is 4.17. The molecule has 0 bridgehead atoms. The van der Waals surface area contributed by atoms with Crippen LogP contribution >= 0.6 is 0 Å². The summed E-state index contributed by atoms with van der Waals surface area (Å²) < 4.78 is 113. The van der Waals surface area contributed by atoms with E-state index in [1.54, 1.807) is 0 Å². The molecule has 1 aliphatic carbocycles. The molecule has 1 saturated carbocycles. The summed E-state index contributed by atoms with van der Waals surface area (Å²) in [7, 11) is 0. The van der Waals surface area contributed by atoms with Gasteiger partial charge in [0.1, 0.15) is 5.92 Å². The van der Waals surface area contributed by atoms with E-state index in [1.807, 2.05) is 0 Å². The van der Waals surface area contributed by atoms with Crippen molar-refractivity contribution in [2.75, 3.05) is 6.61 Å². The first-order chi connectivity index (χ1) is 11.9. The van der Waals surface area contributed by atoms with E-state index in [0.717, 1.165) is 0 Å². The lowest BCUT2D eigenvalue weighted by atomic mass is 9.67. The van der Waals surface area contributed by atoms with Crippen molar-refractivity contribution in [2.24, 2.45) is 11.8 Å². The van der Waals surface area contributed by atoms with Crippen molar-refractivity contribution in [1.29, 1.82) is 0 Å². The molecule has 3 nitrogen and oxygen atoms in total. The molecule has 1 fully saturated rings. The molecule has 0 amide bonds. The molecule has 0 aromatic carbocycles. The predicted molar refractivity (Wildman–Crippen MR) is 78.2 cm³/mol. The topological polar surface area (TPSA) is 46.5 Å². The first-order valence-electron chi connectivity index (χ1n) is 8.33. The van der Waals surface area contributed by atoms with E-state index < -0.39 is 73.0 Å². The lowest BCUT2D eigenvalue weighted by Crippen LogP contribution is -2.66. The molecule has 27 heavy (non-hydrogen) atoms. The summed E-state index contributed by atoms with van der Waals surface area (Å²) in [4.78, 5) is 11.9.